The van der Waals surface area contributed by atoms with E-state index >= 15 is 0 Å². The fourth-order valence-corrected chi connectivity index (χ4v) is 1.27. The van der Waals surface area contributed by atoms with Crippen molar-refractivity contribution >= 4 is 0 Å². The fraction of sp³-hybridized carbons (Fsp3) is 1.00. The second kappa shape index (κ2) is 5.72. The molecule has 0 amide bonds. The molecule has 1 saturated heterocycles. The molecule has 0 N–H and O–H groups in total. The van der Waals surface area contributed by atoms with Gasteiger partial charge in [-0.1, -0.05) is 27.2 Å². The van der Waals surface area contributed by atoms with Crippen LogP contribution in [0.2, 0.25) is 0 Å². The molecule has 62 valence electrons. The van der Waals surface area contributed by atoms with Gasteiger partial charge in [0.1, 0.15) is 0 Å². The van der Waals surface area contributed by atoms with Crippen LogP contribution in [0.4, 0.5) is 0 Å². The third-order valence-corrected chi connectivity index (χ3v) is 2.06. The molecule has 10 heavy (non-hydrogen) atoms. The second-order valence-electron chi connectivity index (χ2n) is 2.71. The van der Waals surface area contributed by atoms with Gasteiger partial charge in [-0.2, -0.15) is 0 Å². The predicted molar refractivity (Wildman–Crippen MR) is 47.3 cm³/mol. The van der Waals surface area contributed by atoms with Crippen LogP contribution in [0.3, 0.4) is 0 Å². The first kappa shape index (κ1) is 9.96. The molecular weight excluding hydrogens is 122 g/mol. The minimum Gasteiger partial charge on any atom is -0.303 e. The molecule has 1 fully saturated rings. The van der Waals surface area contributed by atoms with Gasteiger partial charge < -0.3 is 4.90 Å². The summed E-state index contributed by atoms with van der Waals surface area (Å²) in [5, 5.41) is 0. The lowest BCUT2D eigenvalue weighted by molar-refractivity contribution is 0.118. The van der Waals surface area contributed by atoms with Gasteiger partial charge in [-0.15, -0.1) is 0 Å². The average Bonchev–Trinajstić information content (AvgIpc) is 2.01. The van der Waals surface area contributed by atoms with Gasteiger partial charge in [-0.05, 0) is 26.4 Å². The number of nitrogens with zero attached hydrogens (tertiary/aromatic N) is 1. The molecule has 0 spiro atoms. The van der Waals surface area contributed by atoms with Crippen molar-refractivity contribution in [2.24, 2.45) is 0 Å². The molecule has 1 atom stereocenters. The summed E-state index contributed by atoms with van der Waals surface area (Å²) < 4.78 is 0. The van der Waals surface area contributed by atoms with E-state index in [2.05, 4.69) is 18.9 Å². The zero-order valence-electron chi connectivity index (χ0n) is 7.85. The highest BCUT2D eigenvalue weighted by atomic mass is 15.2. The van der Waals surface area contributed by atoms with E-state index in [4.69, 9.17) is 0 Å². The molecule has 1 nitrogen and oxygen atoms in total. The minimum atomic E-state index is 0.931. The van der Waals surface area contributed by atoms with Crippen molar-refractivity contribution in [1.29, 1.82) is 0 Å². The molecular formula is C9H21N. The maximum absolute atomic E-state index is 2.43. The van der Waals surface area contributed by atoms with E-state index in [0.29, 0.717) is 0 Å². The normalized spacial score (nSPS) is 24.6. The van der Waals surface area contributed by atoms with Crippen LogP contribution in [0, 0.1) is 0 Å². The standard InChI is InChI=1S/C7H15N.C2H6/c1-3-4-7-5-6-8(7)2;1-2/h7H,3-6H2,1-2H3;1-2H3. The lowest BCUT2D eigenvalue weighted by Gasteiger charge is -2.37. The quantitative estimate of drug-likeness (QED) is 0.574. The van der Waals surface area contributed by atoms with E-state index in [1.807, 2.05) is 13.8 Å². The Kier molecular flexibility index (Phi) is 5.70. The van der Waals surface area contributed by atoms with Crippen LogP contribution in [0.1, 0.15) is 40.0 Å². The van der Waals surface area contributed by atoms with E-state index in [-0.39, 0.29) is 0 Å². The Morgan fingerprint density at radius 3 is 2.10 bits per heavy atom. The van der Waals surface area contributed by atoms with Gasteiger partial charge in [-0.25, -0.2) is 0 Å². The lowest BCUT2D eigenvalue weighted by Crippen LogP contribution is -2.44. The molecule has 1 unspecified atom stereocenters. The topological polar surface area (TPSA) is 3.24 Å². The van der Waals surface area contributed by atoms with Crippen molar-refractivity contribution in [1.82, 2.24) is 4.90 Å². The molecule has 0 aromatic carbocycles. The zero-order chi connectivity index (χ0) is 7.98. The highest BCUT2D eigenvalue weighted by Crippen LogP contribution is 2.18. The Labute approximate surface area is 65.4 Å². The molecule has 1 rings (SSSR count). The summed E-state index contributed by atoms with van der Waals surface area (Å²) >= 11 is 0. The van der Waals surface area contributed by atoms with Crippen LogP contribution < -0.4 is 0 Å². The van der Waals surface area contributed by atoms with Gasteiger partial charge in [-0.3, -0.25) is 0 Å². The Morgan fingerprint density at radius 1 is 1.40 bits per heavy atom. The van der Waals surface area contributed by atoms with Crippen molar-refractivity contribution in [2.75, 3.05) is 13.6 Å². The molecule has 0 aliphatic carbocycles. The van der Waals surface area contributed by atoms with Gasteiger partial charge >= 0.3 is 0 Å². The summed E-state index contributed by atoms with van der Waals surface area (Å²) in [6.45, 7) is 7.58. The predicted octanol–water partition coefficient (Wildman–Crippen LogP) is 2.52. The first-order valence-corrected chi connectivity index (χ1v) is 4.55. The van der Waals surface area contributed by atoms with Gasteiger partial charge in [0.25, 0.3) is 0 Å². The maximum Gasteiger partial charge on any atom is 0.0104 e. The van der Waals surface area contributed by atoms with E-state index in [0.717, 1.165) is 6.04 Å². The Morgan fingerprint density at radius 2 is 2.00 bits per heavy atom. The highest BCUT2D eigenvalue weighted by Gasteiger charge is 2.21. The summed E-state index contributed by atoms with van der Waals surface area (Å²) in [4.78, 5) is 2.43. The third kappa shape index (κ3) is 2.70. The fourth-order valence-electron chi connectivity index (χ4n) is 1.27. The average molecular weight is 143 g/mol. The summed E-state index contributed by atoms with van der Waals surface area (Å²) in [5.41, 5.74) is 0. The molecule has 0 aromatic heterocycles. The van der Waals surface area contributed by atoms with Crippen molar-refractivity contribution in [3.05, 3.63) is 0 Å². The SMILES string of the molecule is CC.CCCC1CCN1C. The van der Waals surface area contributed by atoms with E-state index in [1.165, 1.54) is 25.8 Å². The lowest BCUT2D eigenvalue weighted by atomic mass is 10.00. The van der Waals surface area contributed by atoms with Crippen molar-refractivity contribution < 1.29 is 0 Å². The molecule has 1 aliphatic heterocycles. The Balaban J connectivity index is 0.000000371. The van der Waals surface area contributed by atoms with Gasteiger partial charge in [0.2, 0.25) is 0 Å². The van der Waals surface area contributed by atoms with Crippen LogP contribution in [0.25, 0.3) is 0 Å². The van der Waals surface area contributed by atoms with E-state index < -0.39 is 0 Å². The Bertz CT molecular complexity index is 71.1. The number of hydrogen-bond donors (Lipinski definition) is 0. The highest BCUT2D eigenvalue weighted by molar-refractivity contribution is 4.78. The van der Waals surface area contributed by atoms with Crippen LogP contribution in [0.5, 0.6) is 0 Å². The second-order valence-corrected chi connectivity index (χ2v) is 2.71. The maximum atomic E-state index is 2.43. The van der Waals surface area contributed by atoms with Crippen molar-refractivity contribution in [3.63, 3.8) is 0 Å². The third-order valence-electron chi connectivity index (χ3n) is 2.06. The summed E-state index contributed by atoms with van der Waals surface area (Å²) in [7, 11) is 2.21. The number of likely N-dealkylation sites (tertiary alicyclic amines) is 1. The van der Waals surface area contributed by atoms with Gasteiger partial charge in [0, 0.05) is 6.04 Å². The molecule has 0 bridgehead atoms. The number of hydrogen-bond acceptors (Lipinski definition) is 1. The molecule has 1 heteroatoms. The van der Waals surface area contributed by atoms with Crippen LogP contribution in [-0.4, -0.2) is 24.5 Å². The summed E-state index contributed by atoms with van der Waals surface area (Å²) in [5.74, 6) is 0. The van der Waals surface area contributed by atoms with Crippen LogP contribution >= 0.6 is 0 Å². The molecule has 0 saturated carbocycles. The first-order chi connectivity index (χ1) is 4.84. The molecule has 1 aliphatic rings. The zero-order valence-corrected chi connectivity index (χ0v) is 7.85. The Hall–Kier alpha value is -0.0400. The van der Waals surface area contributed by atoms with E-state index in [9.17, 15) is 0 Å². The molecule has 0 radical (unpaired) electrons. The number of rotatable bonds is 2. The van der Waals surface area contributed by atoms with E-state index in [1.54, 1.807) is 0 Å². The van der Waals surface area contributed by atoms with Crippen molar-refractivity contribution in [3.8, 4) is 0 Å². The van der Waals surface area contributed by atoms with Crippen molar-refractivity contribution in [2.45, 2.75) is 46.1 Å². The van der Waals surface area contributed by atoms with Gasteiger partial charge in [0.05, 0.1) is 0 Å². The monoisotopic (exact) mass is 143 g/mol. The smallest absolute Gasteiger partial charge is 0.0104 e. The molecule has 1 heterocycles. The summed E-state index contributed by atoms with van der Waals surface area (Å²) in [6.07, 6.45) is 4.18. The van der Waals surface area contributed by atoms with Gasteiger partial charge in [0.15, 0.2) is 0 Å². The minimum absolute atomic E-state index is 0.931. The van der Waals surface area contributed by atoms with Crippen LogP contribution in [0.15, 0.2) is 0 Å². The first-order valence-electron chi connectivity index (χ1n) is 4.55. The largest absolute Gasteiger partial charge is 0.303 e. The summed E-state index contributed by atoms with van der Waals surface area (Å²) in [6, 6.07) is 0.931. The van der Waals surface area contributed by atoms with Crippen LogP contribution in [-0.2, 0) is 0 Å². The molecule has 0 aromatic rings.